The number of likely N-dealkylation sites (N-methyl/N-ethyl adjacent to an activating group) is 2. The first kappa shape index (κ1) is 19.3. The summed E-state index contributed by atoms with van der Waals surface area (Å²) in [6.45, 7) is 5.48. The Labute approximate surface area is 168 Å². The molecule has 2 N–H and O–H groups in total. The second-order valence-electron chi connectivity index (χ2n) is 7.16. The number of carbonyl (C=O) groups excluding carboxylic acids is 1. The molecule has 0 radical (unpaired) electrons. The number of aromatic amines is 1. The smallest absolute Gasteiger partial charge is 0.239 e. The van der Waals surface area contributed by atoms with Gasteiger partial charge in [-0.3, -0.25) is 19.5 Å². The zero-order valence-corrected chi connectivity index (χ0v) is 16.8. The highest BCUT2D eigenvalue weighted by molar-refractivity contribution is 5.94. The number of aromatic nitrogens is 5. The Hall–Kier alpha value is -2.98. The summed E-state index contributed by atoms with van der Waals surface area (Å²) in [5.41, 5.74) is 2.69. The van der Waals surface area contributed by atoms with E-state index in [0.29, 0.717) is 0 Å². The van der Waals surface area contributed by atoms with Crippen LogP contribution in [0.5, 0.6) is 0 Å². The Kier molecular flexibility index (Phi) is 5.72. The van der Waals surface area contributed by atoms with Gasteiger partial charge in [0.1, 0.15) is 5.69 Å². The third-order valence-electron chi connectivity index (χ3n) is 5.15. The predicted molar refractivity (Wildman–Crippen MR) is 110 cm³/mol. The Morgan fingerprint density at radius 3 is 2.93 bits per heavy atom. The van der Waals surface area contributed by atoms with Gasteiger partial charge < -0.3 is 15.0 Å². The van der Waals surface area contributed by atoms with E-state index >= 15 is 0 Å². The number of carbonyl (C=O) groups is 1. The molecule has 10 nitrogen and oxygen atoms in total. The zero-order chi connectivity index (χ0) is 20.2. The normalized spacial score (nSPS) is 15.0. The number of morpholine rings is 1. The third kappa shape index (κ3) is 4.38. The number of benzene rings is 1. The molecule has 0 aliphatic carbocycles. The number of H-pyrrole nitrogens is 1. The molecule has 1 aliphatic heterocycles. The Morgan fingerprint density at radius 1 is 1.31 bits per heavy atom. The van der Waals surface area contributed by atoms with Gasteiger partial charge in [0.15, 0.2) is 5.82 Å². The molecule has 1 amide bonds. The fraction of sp³-hybridized carbons (Fsp3) is 0.474. The van der Waals surface area contributed by atoms with Gasteiger partial charge in [0.2, 0.25) is 5.91 Å². The van der Waals surface area contributed by atoms with Crippen molar-refractivity contribution in [1.82, 2.24) is 35.4 Å². The molecule has 0 bridgehead atoms. The number of anilines is 1. The van der Waals surface area contributed by atoms with Gasteiger partial charge in [-0.1, -0.05) is 11.3 Å². The standard InChI is InChI=1S/C19H26N8O2/c1-20-18(28)13-25(2)19-15-11-14(3-4-16(15)21-23-19)17-12-27(24-22-17)6-5-26-7-9-29-10-8-26/h3-4,11-12H,5-10,13H2,1-2H3,(H,20,28)(H,21,23). The number of rotatable bonds is 7. The van der Waals surface area contributed by atoms with E-state index in [1.807, 2.05) is 41.0 Å². The molecular formula is C19H26N8O2. The van der Waals surface area contributed by atoms with Crippen LogP contribution in [0.3, 0.4) is 0 Å². The summed E-state index contributed by atoms with van der Waals surface area (Å²) < 4.78 is 7.26. The van der Waals surface area contributed by atoms with Crippen molar-refractivity contribution in [3.05, 3.63) is 24.4 Å². The molecule has 1 fully saturated rings. The molecule has 4 rings (SSSR count). The number of ether oxygens (including phenoxy) is 1. The highest BCUT2D eigenvalue weighted by atomic mass is 16.5. The van der Waals surface area contributed by atoms with E-state index < -0.39 is 0 Å². The van der Waals surface area contributed by atoms with Crippen LogP contribution in [-0.2, 0) is 16.1 Å². The summed E-state index contributed by atoms with van der Waals surface area (Å²) in [6.07, 6.45) is 1.97. The maximum Gasteiger partial charge on any atom is 0.239 e. The number of fused-ring (bicyclic) bond motifs is 1. The second-order valence-corrected chi connectivity index (χ2v) is 7.16. The molecule has 10 heteroatoms. The quantitative estimate of drug-likeness (QED) is 0.591. The minimum Gasteiger partial charge on any atom is -0.379 e. The van der Waals surface area contributed by atoms with Crippen LogP contribution in [0.25, 0.3) is 22.2 Å². The van der Waals surface area contributed by atoms with Gasteiger partial charge >= 0.3 is 0 Å². The highest BCUT2D eigenvalue weighted by Crippen LogP contribution is 2.28. The molecule has 0 unspecified atom stereocenters. The van der Waals surface area contributed by atoms with Gasteiger partial charge in [-0.05, 0) is 12.1 Å². The summed E-state index contributed by atoms with van der Waals surface area (Å²) in [4.78, 5) is 15.9. The van der Waals surface area contributed by atoms with Crippen LogP contribution in [0.15, 0.2) is 24.4 Å². The zero-order valence-electron chi connectivity index (χ0n) is 16.8. The lowest BCUT2D eigenvalue weighted by Crippen LogP contribution is -2.38. The monoisotopic (exact) mass is 398 g/mol. The van der Waals surface area contributed by atoms with Crippen molar-refractivity contribution in [3.63, 3.8) is 0 Å². The Balaban J connectivity index is 1.49. The number of hydrogen-bond acceptors (Lipinski definition) is 7. The molecule has 1 saturated heterocycles. The predicted octanol–water partition coefficient (Wildman–Crippen LogP) is 0.336. The van der Waals surface area contributed by atoms with Gasteiger partial charge in [0.25, 0.3) is 0 Å². The van der Waals surface area contributed by atoms with Gasteiger partial charge in [-0.2, -0.15) is 5.10 Å². The molecular weight excluding hydrogens is 372 g/mol. The van der Waals surface area contributed by atoms with Crippen LogP contribution in [0.2, 0.25) is 0 Å². The minimum absolute atomic E-state index is 0.0667. The summed E-state index contributed by atoms with van der Waals surface area (Å²) in [7, 11) is 3.47. The number of amides is 1. The van der Waals surface area contributed by atoms with E-state index in [-0.39, 0.29) is 12.5 Å². The van der Waals surface area contributed by atoms with Crippen molar-refractivity contribution in [2.75, 3.05) is 58.4 Å². The molecule has 0 spiro atoms. The lowest BCUT2D eigenvalue weighted by Gasteiger charge is -2.26. The van der Waals surface area contributed by atoms with Crippen molar-refractivity contribution < 1.29 is 9.53 Å². The van der Waals surface area contributed by atoms with E-state index in [9.17, 15) is 4.79 Å². The fourth-order valence-electron chi connectivity index (χ4n) is 3.43. The summed E-state index contributed by atoms with van der Waals surface area (Å²) in [5, 5.41) is 19.6. The SMILES string of the molecule is CNC(=O)CN(C)c1n[nH]c2ccc(-c3cn(CCN4CCOCC4)nn3)cc12. The molecule has 1 aromatic carbocycles. The Bertz CT molecular complexity index is 976. The largest absolute Gasteiger partial charge is 0.379 e. The minimum atomic E-state index is -0.0667. The van der Waals surface area contributed by atoms with Crippen molar-refractivity contribution in [1.29, 1.82) is 0 Å². The number of hydrogen-bond donors (Lipinski definition) is 2. The number of nitrogens with zero attached hydrogens (tertiary/aromatic N) is 6. The molecule has 0 saturated carbocycles. The first-order valence-electron chi connectivity index (χ1n) is 9.74. The van der Waals surface area contributed by atoms with Gasteiger partial charge in [0, 0.05) is 44.7 Å². The third-order valence-corrected chi connectivity index (χ3v) is 5.15. The van der Waals surface area contributed by atoms with Crippen molar-refractivity contribution in [2.24, 2.45) is 0 Å². The van der Waals surface area contributed by atoms with Crippen LogP contribution < -0.4 is 10.2 Å². The lowest BCUT2D eigenvalue weighted by molar-refractivity contribution is -0.119. The Morgan fingerprint density at radius 2 is 2.14 bits per heavy atom. The maximum atomic E-state index is 11.7. The molecule has 2 aromatic heterocycles. The van der Waals surface area contributed by atoms with Crippen LogP contribution in [0.4, 0.5) is 5.82 Å². The fourth-order valence-corrected chi connectivity index (χ4v) is 3.43. The van der Waals surface area contributed by atoms with Crippen LogP contribution in [0, 0.1) is 0 Å². The molecule has 154 valence electrons. The van der Waals surface area contributed by atoms with E-state index in [1.54, 1.807) is 7.05 Å². The topological polar surface area (TPSA) is 104 Å². The van der Waals surface area contributed by atoms with Crippen LogP contribution >= 0.6 is 0 Å². The van der Waals surface area contributed by atoms with E-state index in [2.05, 4.69) is 30.7 Å². The van der Waals surface area contributed by atoms with Gasteiger partial charge in [-0.15, -0.1) is 5.10 Å². The van der Waals surface area contributed by atoms with Crippen molar-refractivity contribution in [3.8, 4) is 11.3 Å². The summed E-state index contributed by atoms with van der Waals surface area (Å²) >= 11 is 0. The lowest BCUT2D eigenvalue weighted by atomic mass is 10.1. The van der Waals surface area contributed by atoms with Crippen molar-refractivity contribution in [2.45, 2.75) is 6.54 Å². The highest BCUT2D eigenvalue weighted by Gasteiger charge is 2.15. The summed E-state index contributed by atoms with van der Waals surface area (Å²) in [5.74, 6) is 0.660. The molecule has 1 aliphatic rings. The molecule has 29 heavy (non-hydrogen) atoms. The molecule has 0 atom stereocenters. The van der Waals surface area contributed by atoms with Crippen LogP contribution in [0.1, 0.15) is 0 Å². The van der Waals surface area contributed by atoms with Gasteiger partial charge in [-0.25, -0.2) is 0 Å². The van der Waals surface area contributed by atoms with Crippen LogP contribution in [-0.4, -0.2) is 89.5 Å². The average molecular weight is 398 g/mol. The average Bonchev–Trinajstić information content (AvgIpc) is 3.39. The van der Waals surface area contributed by atoms with E-state index in [1.165, 1.54) is 0 Å². The first-order chi connectivity index (χ1) is 14.1. The van der Waals surface area contributed by atoms with E-state index in [0.717, 1.165) is 67.4 Å². The first-order valence-corrected chi connectivity index (χ1v) is 9.74. The molecule has 3 heterocycles. The second kappa shape index (κ2) is 8.58. The maximum absolute atomic E-state index is 11.7. The summed E-state index contributed by atoms with van der Waals surface area (Å²) in [6, 6.07) is 6.01. The van der Waals surface area contributed by atoms with Crippen molar-refractivity contribution >= 4 is 22.6 Å². The van der Waals surface area contributed by atoms with Gasteiger partial charge in [0.05, 0.1) is 38.0 Å². The van der Waals surface area contributed by atoms with E-state index in [4.69, 9.17) is 4.74 Å². The number of nitrogens with one attached hydrogen (secondary N) is 2. The molecule has 3 aromatic rings.